The maximum Gasteiger partial charge on any atom is 0.412 e. The third-order valence-electron chi connectivity index (χ3n) is 5.04. The SMILES string of the molecule is O=C(OCC12CC3CC(CC(O)(C3)C1)C2)C(F)(F)SO[O-]. The number of halogens is 2. The van der Waals surface area contributed by atoms with Crippen LogP contribution in [0.25, 0.3) is 0 Å². The van der Waals surface area contributed by atoms with Gasteiger partial charge in [0.2, 0.25) is 0 Å². The molecule has 8 heteroatoms. The molecule has 0 aliphatic heterocycles. The van der Waals surface area contributed by atoms with Gasteiger partial charge in [-0.05, 0) is 50.4 Å². The van der Waals surface area contributed by atoms with E-state index in [0.29, 0.717) is 18.3 Å². The summed E-state index contributed by atoms with van der Waals surface area (Å²) in [6.45, 7) is -0.129. The average molecular weight is 323 g/mol. The molecule has 4 bridgehead atoms. The monoisotopic (exact) mass is 323 g/mol. The van der Waals surface area contributed by atoms with Gasteiger partial charge in [-0.25, -0.2) is 4.79 Å². The summed E-state index contributed by atoms with van der Waals surface area (Å²) in [6, 6.07) is 0. The molecule has 2 atom stereocenters. The Morgan fingerprint density at radius 2 is 1.95 bits per heavy atom. The van der Waals surface area contributed by atoms with Crippen molar-refractivity contribution in [3.63, 3.8) is 0 Å². The summed E-state index contributed by atoms with van der Waals surface area (Å²) in [6.07, 6.45) is 4.68. The van der Waals surface area contributed by atoms with Crippen LogP contribution < -0.4 is 5.26 Å². The zero-order chi connectivity index (χ0) is 15.3. The predicted octanol–water partition coefficient (Wildman–Crippen LogP) is 1.39. The smallest absolute Gasteiger partial charge is 0.412 e. The third-order valence-corrected chi connectivity index (χ3v) is 5.48. The van der Waals surface area contributed by atoms with Crippen LogP contribution in [0.15, 0.2) is 0 Å². The lowest BCUT2D eigenvalue weighted by molar-refractivity contribution is -0.630. The second-order valence-corrected chi connectivity index (χ2v) is 7.75. The maximum atomic E-state index is 13.2. The van der Waals surface area contributed by atoms with E-state index in [1.54, 1.807) is 0 Å². The highest BCUT2D eigenvalue weighted by Crippen LogP contribution is 2.61. The molecular formula is C13H17F2O5S-. The van der Waals surface area contributed by atoms with Crippen LogP contribution in [0.3, 0.4) is 0 Å². The molecule has 4 rings (SSSR count). The largest absolute Gasteiger partial charge is 0.710 e. The molecule has 0 aromatic rings. The standard InChI is InChI=1S/C13H18F2O5S/c14-13(15,21-20-18)10(16)19-7-11-2-8-1-9(3-11)5-12(17,4-8)6-11/h8-9,17-18H,1-7H2/p-1. The number of esters is 1. The number of ether oxygens (including phenoxy) is 1. The van der Waals surface area contributed by atoms with Crippen molar-refractivity contribution in [3.8, 4) is 0 Å². The second-order valence-electron chi connectivity index (χ2n) is 6.93. The van der Waals surface area contributed by atoms with Gasteiger partial charge in [0.05, 0.1) is 24.3 Å². The second kappa shape index (κ2) is 5.04. The van der Waals surface area contributed by atoms with E-state index in [-0.39, 0.29) is 6.61 Å². The molecule has 4 aliphatic carbocycles. The fourth-order valence-corrected chi connectivity index (χ4v) is 5.16. The molecule has 4 saturated carbocycles. The Bertz CT molecular complexity index is 430. The molecule has 0 heterocycles. The number of hydrogen-bond donors (Lipinski definition) is 1. The predicted molar refractivity (Wildman–Crippen MR) is 66.6 cm³/mol. The first-order valence-electron chi connectivity index (χ1n) is 7.01. The lowest BCUT2D eigenvalue weighted by atomic mass is 9.48. The van der Waals surface area contributed by atoms with Gasteiger partial charge in [0, 0.05) is 5.41 Å². The molecule has 4 aliphatic rings. The Labute approximate surface area is 125 Å². The zero-order valence-electron chi connectivity index (χ0n) is 11.3. The highest BCUT2D eigenvalue weighted by molar-refractivity contribution is 7.96. The van der Waals surface area contributed by atoms with E-state index < -0.39 is 34.3 Å². The van der Waals surface area contributed by atoms with Crippen LogP contribution in [-0.4, -0.2) is 28.5 Å². The van der Waals surface area contributed by atoms with Crippen LogP contribution in [0.4, 0.5) is 8.78 Å². The average Bonchev–Trinajstić information content (AvgIpc) is 2.32. The summed E-state index contributed by atoms with van der Waals surface area (Å²) >= 11 is -0.755. The van der Waals surface area contributed by atoms with Crippen LogP contribution in [0.5, 0.6) is 0 Å². The fraction of sp³-hybridized carbons (Fsp3) is 0.923. The topological polar surface area (TPSA) is 78.8 Å². The van der Waals surface area contributed by atoms with E-state index in [1.165, 1.54) is 0 Å². The van der Waals surface area contributed by atoms with Crippen LogP contribution in [0.2, 0.25) is 0 Å². The molecule has 120 valence electrons. The molecule has 5 nitrogen and oxygen atoms in total. The number of hydrogen-bond acceptors (Lipinski definition) is 6. The van der Waals surface area contributed by atoms with Gasteiger partial charge in [0.15, 0.2) is 0 Å². The molecule has 1 N–H and O–H groups in total. The van der Waals surface area contributed by atoms with E-state index in [9.17, 15) is 23.9 Å². The molecule has 0 aromatic heterocycles. The number of aliphatic hydroxyl groups is 1. The van der Waals surface area contributed by atoms with Gasteiger partial charge in [-0.1, -0.05) is 0 Å². The van der Waals surface area contributed by atoms with Crippen molar-refractivity contribution in [1.29, 1.82) is 0 Å². The summed E-state index contributed by atoms with van der Waals surface area (Å²) in [5, 5.41) is 16.3. The molecule has 0 aromatic carbocycles. The van der Waals surface area contributed by atoms with Gasteiger partial charge in [-0.2, -0.15) is 8.78 Å². The number of rotatable bonds is 5. The van der Waals surface area contributed by atoms with Crippen molar-refractivity contribution in [2.24, 2.45) is 17.3 Å². The Balaban J connectivity index is 1.64. The zero-order valence-corrected chi connectivity index (χ0v) is 12.2. The van der Waals surface area contributed by atoms with Crippen molar-refractivity contribution < 1.29 is 33.0 Å². The molecule has 0 saturated heterocycles. The molecular weight excluding hydrogens is 306 g/mol. The first kappa shape index (κ1) is 15.5. The van der Waals surface area contributed by atoms with Gasteiger partial charge in [0.25, 0.3) is 0 Å². The van der Waals surface area contributed by atoms with Crippen LogP contribution in [0, 0.1) is 17.3 Å². The van der Waals surface area contributed by atoms with E-state index in [2.05, 4.69) is 4.33 Å². The first-order valence-corrected chi connectivity index (χ1v) is 7.75. The van der Waals surface area contributed by atoms with Gasteiger partial charge in [-0.3, -0.25) is 0 Å². The third kappa shape index (κ3) is 2.91. The summed E-state index contributed by atoms with van der Waals surface area (Å²) in [4.78, 5) is 11.4. The van der Waals surface area contributed by atoms with Gasteiger partial charge >= 0.3 is 11.2 Å². The van der Waals surface area contributed by atoms with Crippen LogP contribution in [-0.2, 0) is 13.9 Å². The summed E-state index contributed by atoms with van der Waals surface area (Å²) in [5.74, 6) is -0.990. The molecule has 4 fully saturated rings. The van der Waals surface area contributed by atoms with Crippen molar-refractivity contribution in [2.45, 2.75) is 49.4 Å². The van der Waals surface area contributed by atoms with Gasteiger partial charge < -0.3 is 19.4 Å². The van der Waals surface area contributed by atoms with Crippen molar-refractivity contribution in [3.05, 3.63) is 0 Å². The van der Waals surface area contributed by atoms with Crippen LogP contribution in [0.1, 0.15) is 38.5 Å². The minimum Gasteiger partial charge on any atom is -0.710 e. The summed E-state index contributed by atoms with van der Waals surface area (Å²) in [7, 11) is 0. The van der Waals surface area contributed by atoms with Crippen molar-refractivity contribution in [2.75, 3.05) is 6.61 Å². The Morgan fingerprint density at radius 3 is 2.48 bits per heavy atom. The van der Waals surface area contributed by atoms with Crippen LogP contribution >= 0.6 is 12.0 Å². The molecule has 21 heavy (non-hydrogen) atoms. The number of alkyl halides is 2. The van der Waals surface area contributed by atoms with E-state index in [1.807, 2.05) is 0 Å². The Hall–Kier alpha value is -0.440. The Kier molecular flexibility index (Phi) is 3.71. The summed E-state index contributed by atoms with van der Waals surface area (Å²) < 4.78 is 34.1. The summed E-state index contributed by atoms with van der Waals surface area (Å²) in [5.41, 5.74) is -1.13. The van der Waals surface area contributed by atoms with E-state index >= 15 is 0 Å². The molecule has 2 unspecified atom stereocenters. The van der Waals surface area contributed by atoms with Gasteiger partial charge in [0.1, 0.15) is 0 Å². The highest BCUT2D eigenvalue weighted by atomic mass is 32.2. The Morgan fingerprint density at radius 1 is 1.33 bits per heavy atom. The minimum atomic E-state index is -4.00. The quantitative estimate of drug-likeness (QED) is 0.356. The number of carbonyl (C=O) groups is 1. The van der Waals surface area contributed by atoms with Gasteiger partial charge in [-0.15, -0.1) is 0 Å². The minimum absolute atomic E-state index is 0.129. The van der Waals surface area contributed by atoms with E-state index in [4.69, 9.17) is 4.74 Å². The first-order chi connectivity index (χ1) is 9.76. The van der Waals surface area contributed by atoms with Crippen molar-refractivity contribution >= 4 is 18.0 Å². The lowest BCUT2D eigenvalue weighted by Crippen LogP contribution is -2.57. The molecule has 0 radical (unpaired) electrons. The molecule has 0 amide bonds. The number of carbonyl (C=O) groups excluding carboxylic acids is 1. The fourth-order valence-electron chi connectivity index (χ4n) is 4.95. The van der Waals surface area contributed by atoms with E-state index in [0.717, 1.165) is 32.1 Å². The van der Waals surface area contributed by atoms with Crippen molar-refractivity contribution in [1.82, 2.24) is 0 Å². The highest BCUT2D eigenvalue weighted by Gasteiger charge is 2.58. The lowest BCUT2D eigenvalue weighted by Gasteiger charge is -2.59. The normalized spacial score (nSPS) is 41.3. The maximum absolute atomic E-state index is 13.2. The molecule has 0 spiro atoms.